The summed E-state index contributed by atoms with van der Waals surface area (Å²) >= 11 is 5.88. The summed E-state index contributed by atoms with van der Waals surface area (Å²) in [4.78, 5) is 14.1. The summed E-state index contributed by atoms with van der Waals surface area (Å²) in [6.45, 7) is 4.08. The molecule has 0 aliphatic carbocycles. The van der Waals surface area contributed by atoms with E-state index in [0.29, 0.717) is 5.02 Å². The highest BCUT2D eigenvalue weighted by Gasteiger charge is 2.23. The van der Waals surface area contributed by atoms with Gasteiger partial charge in [-0.05, 0) is 37.5 Å². The minimum absolute atomic E-state index is 0.104. The van der Waals surface area contributed by atoms with Crippen molar-refractivity contribution in [3.05, 3.63) is 34.9 Å². The Labute approximate surface area is 119 Å². The Balaban J connectivity index is 2.04. The first-order chi connectivity index (χ1) is 9.06. The molecule has 2 rings (SSSR count). The number of hydrogen-bond donors (Lipinski definition) is 1. The number of Topliss-reactive ketones (excluding diaryl/α,β-unsaturated/α-hetero) is 1. The van der Waals surface area contributed by atoms with Crippen LogP contribution in [0, 0.1) is 0 Å². The molecular formula is C15H20ClNO2. The lowest BCUT2D eigenvalue weighted by molar-refractivity contribution is -0.119. The zero-order valence-electron chi connectivity index (χ0n) is 11.2. The summed E-state index contributed by atoms with van der Waals surface area (Å²) in [6.07, 6.45) is 1.42. The van der Waals surface area contributed by atoms with Gasteiger partial charge in [0.05, 0.1) is 12.0 Å². The maximum absolute atomic E-state index is 11.9. The number of likely N-dealkylation sites (tertiary alicyclic amines) is 1. The van der Waals surface area contributed by atoms with E-state index in [1.807, 2.05) is 24.3 Å². The molecule has 3 nitrogen and oxygen atoms in total. The molecule has 1 N–H and O–H groups in total. The van der Waals surface area contributed by atoms with Gasteiger partial charge >= 0.3 is 0 Å². The van der Waals surface area contributed by atoms with Crippen molar-refractivity contribution in [3.8, 4) is 0 Å². The van der Waals surface area contributed by atoms with Crippen LogP contribution in [0.5, 0.6) is 0 Å². The molecule has 0 spiro atoms. The van der Waals surface area contributed by atoms with Crippen LogP contribution in [0.3, 0.4) is 0 Å². The predicted octanol–water partition coefficient (Wildman–Crippen LogP) is 2.47. The molecule has 1 saturated heterocycles. The molecule has 1 aliphatic heterocycles. The third kappa shape index (κ3) is 4.03. The SMILES string of the molecule is CC(=O)C(CN1CCC(O)CC1)c1ccc(Cl)cc1. The van der Waals surface area contributed by atoms with Gasteiger partial charge < -0.3 is 10.0 Å². The van der Waals surface area contributed by atoms with Crippen LogP contribution in [0.15, 0.2) is 24.3 Å². The highest BCUT2D eigenvalue weighted by Crippen LogP contribution is 2.22. The van der Waals surface area contributed by atoms with E-state index < -0.39 is 0 Å². The molecule has 19 heavy (non-hydrogen) atoms. The molecule has 0 radical (unpaired) electrons. The fourth-order valence-electron chi connectivity index (χ4n) is 2.52. The zero-order chi connectivity index (χ0) is 13.8. The number of aliphatic hydroxyl groups excluding tert-OH is 1. The fraction of sp³-hybridized carbons (Fsp3) is 0.533. The molecule has 0 bridgehead atoms. The zero-order valence-corrected chi connectivity index (χ0v) is 11.9. The Morgan fingerprint density at radius 3 is 2.47 bits per heavy atom. The Hall–Kier alpha value is -0.900. The smallest absolute Gasteiger partial charge is 0.138 e. The largest absolute Gasteiger partial charge is 0.393 e. The van der Waals surface area contributed by atoms with Crippen molar-refractivity contribution in [1.82, 2.24) is 4.90 Å². The summed E-state index contributed by atoms with van der Waals surface area (Å²) in [5, 5.41) is 10.2. The molecule has 1 heterocycles. The predicted molar refractivity (Wildman–Crippen MR) is 76.6 cm³/mol. The van der Waals surface area contributed by atoms with Crippen LogP contribution in [0.1, 0.15) is 31.2 Å². The van der Waals surface area contributed by atoms with Crippen LogP contribution in [0.25, 0.3) is 0 Å². The Morgan fingerprint density at radius 2 is 1.95 bits per heavy atom. The van der Waals surface area contributed by atoms with E-state index in [1.54, 1.807) is 6.92 Å². The normalized spacial score (nSPS) is 19.3. The van der Waals surface area contributed by atoms with Crippen molar-refractivity contribution in [2.24, 2.45) is 0 Å². The summed E-state index contributed by atoms with van der Waals surface area (Å²) in [5.74, 6) is 0.0703. The number of aliphatic hydroxyl groups is 1. The topological polar surface area (TPSA) is 40.5 Å². The van der Waals surface area contributed by atoms with Gasteiger partial charge in [0.15, 0.2) is 0 Å². The number of benzene rings is 1. The van der Waals surface area contributed by atoms with Gasteiger partial charge in [-0.3, -0.25) is 4.79 Å². The van der Waals surface area contributed by atoms with Crippen molar-refractivity contribution < 1.29 is 9.90 Å². The second-order valence-electron chi connectivity index (χ2n) is 5.25. The van der Waals surface area contributed by atoms with Crippen molar-refractivity contribution in [2.75, 3.05) is 19.6 Å². The van der Waals surface area contributed by atoms with Crippen molar-refractivity contribution in [2.45, 2.75) is 31.8 Å². The number of halogens is 1. The van der Waals surface area contributed by atoms with Crippen LogP contribution in [0.2, 0.25) is 5.02 Å². The van der Waals surface area contributed by atoms with E-state index in [9.17, 15) is 9.90 Å². The minimum Gasteiger partial charge on any atom is -0.393 e. The fourth-order valence-corrected chi connectivity index (χ4v) is 2.65. The molecule has 4 heteroatoms. The van der Waals surface area contributed by atoms with Crippen LogP contribution < -0.4 is 0 Å². The second-order valence-corrected chi connectivity index (χ2v) is 5.68. The summed E-state index contributed by atoms with van der Waals surface area (Å²) in [6, 6.07) is 7.50. The maximum Gasteiger partial charge on any atom is 0.138 e. The van der Waals surface area contributed by atoms with Crippen LogP contribution in [-0.2, 0) is 4.79 Å². The van der Waals surface area contributed by atoms with Gasteiger partial charge in [0.2, 0.25) is 0 Å². The van der Waals surface area contributed by atoms with Gasteiger partial charge in [-0.2, -0.15) is 0 Å². The molecule has 1 aliphatic rings. The van der Waals surface area contributed by atoms with Crippen molar-refractivity contribution in [3.63, 3.8) is 0 Å². The summed E-state index contributed by atoms with van der Waals surface area (Å²) in [5.41, 5.74) is 1.02. The standard InChI is InChI=1S/C15H20ClNO2/c1-11(18)15(12-2-4-13(16)5-3-12)10-17-8-6-14(19)7-9-17/h2-5,14-15,19H,6-10H2,1H3. The van der Waals surface area contributed by atoms with E-state index in [2.05, 4.69) is 4.90 Å². The second kappa shape index (κ2) is 6.51. The first-order valence-electron chi connectivity index (χ1n) is 6.72. The molecule has 0 amide bonds. The summed E-state index contributed by atoms with van der Waals surface area (Å²) < 4.78 is 0. The third-order valence-electron chi connectivity index (χ3n) is 3.76. The van der Waals surface area contributed by atoms with Crippen LogP contribution in [0.4, 0.5) is 0 Å². The Kier molecular flexibility index (Phi) is 4.97. The van der Waals surface area contributed by atoms with E-state index in [4.69, 9.17) is 11.6 Å². The Bertz CT molecular complexity index is 424. The molecule has 1 aromatic carbocycles. The molecule has 104 valence electrons. The number of carbonyl (C=O) groups excluding carboxylic acids is 1. The van der Waals surface area contributed by atoms with E-state index in [-0.39, 0.29) is 17.8 Å². The lowest BCUT2D eigenvalue weighted by Gasteiger charge is -2.32. The van der Waals surface area contributed by atoms with E-state index in [1.165, 1.54) is 0 Å². The number of piperidine rings is 1. The first-order valence-corrected chi connectivity index (χ1v) is 7.10. The quantitative estimate of drug-likeness (QED) is 0.922. The molecule has 1 atom stereocenters. The van der Waals surface area contributed by atoms with Gasteiger partial charge in [0, 0.05) is 24.7 Å². The molecule has 0 saturated carbocycles. The third-order valence-corrected chi connectivity index (χ3v) is 4.01. The Morgan fingerprint density at radius 1 is 1.37 bits per heavy atom. The van der Waals surface area contributed by atoms with E-state index in [0.717, 1.165) is 38.0 Å². The van der Waals surface area contributed by atoms with Gasteiger partial charge in [-0.1, -0.05) is 23.7 Å². The van der Waals surface area contributed by atoms with Gasteiger partial charge in [0.25, 0.3) is 0 Å². The van der Waals surface area contributed by atoms with Crippen molar-refractivity contribution >= 4 is 17.4 Å². The highest BCUT2D eigenvalue weighted by molar-refractivity contribution is 6.30. The lowest BCUT2D eigenvalue weighted by Crippen LogP contribution is -2.39. The molecular weight excluding hydrogens is 262 g/mol. The number of rotatable bonds is 4. The number of nitrogens with zero attached hydrogens (tertiary/aromatic N) is 1. The number of hydrogen-bond acceptors (Lipinski definition) is 3. The molecule has 1 unspecified atom stereocenters. The first kappa shape index (κ1) is 14.5. The summed E-state index contributed by atoms with van der Waals surface area (Å²) in [7, 11) is 0. The minimum atomic E-state index is -0.178. The maximum atomic E-state index is 11.9. The van der Waals surface area contributed by atoms with E-state index >= 15 is 0 Å². The number of carbonyl (C=O) groups is 1. The van der Waals surface area contributed by atoms with Gasteiger partial charge in [0.1, 0.15) is 5.78 Å². The number of ketones is 1. The van der Waals surface area contributed by atoms with Crippen molar-refractivity contribution in [1.29, 1.82) is 0 Å². The van der Waals surface area contributed by atoms with Crippen LogP contribution >= 0.6 is 11.6 Å². The molecule has 1 fully saturated rings. The average Bonchev–Trinajstić information content (AvgIpc) is 2.39. The average molecular weight is 282 g/mol. The van der Waals surface area contributed by atoms with Gasteiger partial charge in [-0.15, -0.1) is 0 Å². The van der Waals surface area contributed by atoms with Gasteiger partial charge in [-0.25, -0.2) is 0 Å². The molecule has 1 aromatic rings. The lowest BCUT2D eigenvalue weighted by atomic mass is 9.94. The highest BCUT2D eigenvalue weighted by atomic mass is 35.5. The van der Waals surface area contributed by atoms with Crippen LogP contribution in [-0.4, -0.2) is 41.5 Å². The molecule has 0 aromatic heterocycles. The monoisotopic (exact) mass is 281 g/mol.